The van der Waals surface area contributed by atoms with E-state index in [2.05, 4.69) is 27.2 Å². The van der Waals surface area contributed by atoms with E-state index in [1.807, 2.05) is 19.1 Å². The van der Waals surface area contributed by atoms with Gasteiger partial charge < -0.3 is 15.0 Å². The Bertz CT molecular complexity index is 566. The number of ether oxygens (including phenoxy) is 1. The van der Waals surface area contributed by atoms with Gasteiger partial charge in [-0.25, -0.2) is 9.97 Å². The molecule has 5 heteroatoms. The summed E-state index contributed by atoms with van der Waals surface area (Å²) in [6.45, 7) is 6.65. The molecule has 0 saturated carbocycles. The number of hydrogen-bond acceptors (Lipinski definition) is 4. The van der Waals surface area contributed by atoms with Gasteiger partial charge in [0.25, 0.3) is 0 Å². The van der Waals surface area contributed by atoms with Crippen LogP contribution in [0.1, 0.15) is 30.8 Å². The average molecular weight is 260 g/mol. The van der Waals surface area contributed by atoms with Crippen LogP contribution < -0.4 is 5.32 Å². The van der Waals surface area contributed by atoms with Crippen LogP contribution in [0, 0.1) is 6.92 Å². The molecule has 0 radical (unpaired) electrons. The second-order valence-corrected chi connectivity index (χ2v) is 5.15. The first-order valence-corrected chi connectivity index (χ1v) is 6.92. The molecule has 3 rings (SSSR count). The molecule has 102 valence electrons. The number of H-pyrrole nitrogens is 1. The zero-order chi connectivity index (χ0) is 13.2. The monoisotopic (exact) mass is 260 g/mol. The van der Waals surface area contributed by atoms with Gasteiger partial charge in [-0.1, -0.05) is 6.92 Å². The van der Waals surface area contributed by atoms with E-state index in [-0.39, 0.29) is 0 Å². The molecule has 5 nitrogen and oxygen atoms in total. The number of fused-ring (bicyclic) bond motifs is 1. The molecule has 1 aliphatic rings. The van der Waals surface area contributed by atoms with Crippen LogP contribution in [0.5, 0.6) is 0 Å². The summed E-state index contributed by atoms with van der Waals surface area (Å²) in [6, 6.07) is 4.39. The Morgan fingerprint density at radius 2 is 2.26 bits per heavy atom. The number of nitrogens with one attached hydrogen (secondary N) is 2. The lowest BCUT2D eigenvalue weighted by Crippen LogP contribution is -2.35. The molecular weight excluding hydrogens is 240 g/mol. The number of imidazole rings is 1. The highest BCUT2D eigenvalue weighted by molar-refractivity contribution is 5.70. The van der Waals surface area contributed by atoms with Gasteiger partial charge in [0.1, 0.15) is 5.82 Å². The van der Waals surface area contributed by atoms with Crippen LogP contribution in [0.25, 0.3) is 11.2 Å². The molecule has 0 spiro atoms. The van der Waals surface area contributed by atoms with Crippen LogP contribution in [0.15, 0.2) is 12.1 Å². The van der Waals surface area contributed by atoms with Crippen molar-refractivity contribution >= 4 is 11.2 Å². The van der Waals surface area contributed by atoms with E-state index in [0.717, 1.165) is 48.9 Å². The molecule has 0 amide bonds. The summed E-state index contributed by atoms with van der Waals surface area (Å²) >= 11 is 0. The number of aromatic nitrogens is 3. The lowest BCUT2D eigenvalue weighted by atomic mass is 10.0. The minimum atomic E-state index is 0.293. The highest BCUT2D eigenvalue weighted by Gasteiger charge is 2.31. The highest BCUT2D eigenvalue weighted by atomic mass is 16.5. The van der Waals surface area contributed by atoms with Gasteiger partial charge in [-0.2, -0.15) is 0 Å². The number of nitrogens with zero attached hydrogens (tertiary/aromatic N) is 2. The molecule has 1 saturated heterocycles. The van der Waals surface area contributed by atoms with E-state index < -0.39 is 0 Å². The van der Waals surface area contributed by atoms with Gasteiger partial charge in [-0.05, 0) is 32.0 Å². The van der Waals surface area contributed by atoms with Gasteiger partial charge in [0.15, 0.2) is 5.65 Å². The van der Waals surface area contributed by atoms with Crippen molar-refractivity contribution in [3.8, 4) is 0 Å². The molecule has 19 heavy (non-hydrogen) atoms. The predicted molar refractivity (Wildman–Crippen MR) is 74.3 cm³/mol. The Hall–Kier alpha value is -1.46. The smallest absolute Gasteiger partial charge is 0.177 e. The molecule has 2 aromatic rings. The van der Waals surface area contributed by atoms with Crippen molar-refractivity contribution in [2.45, 2.75) is 32.2 Å². The summed E-state index contributed by atoms with van der Waals surface area (Å²) in [4.78, 5) is 12.5. The number of pyridine rings is 1. The quantitative estimate of drug-likeness (QED) is 0.879. The van der Waals surface area contributed by atoms with Crippen LogP contribution in [0.2, 0.25) is 0 Å². The lowest BCUT2D eigenvalue weighted by Gasteiger charge is -2.16. The van der Waals surface area contributed by atoms with Gasteiger partial charge in [0.05, 0.1) is 24.6 Å². The fourth-order valence-corrected chi connectivity index (χ4v) is 2.54. The van der Waals surface area contributed by atoms with E-state index in [4.69, 9.17) is 4.74 Å². The summed E-state index contributed by atoms with van der Waals surface area (Å²) < 4.78 is 5.60. The van der Waals surface area contributed by atoms with Crippen molar-refractivity contribution in [2.75, 3.05) is 19.8 Å². The molecule has 0 aliphatic carbocycles. The Kier molecular flexibility index (Phi) is 3.48. The fourth-order valence-electron chi connectivity index (χ4n) is 2.54. The third-order valence-corrected chi connectivity index (χ3v) is 3.59. The Balaban J connectivity index is 1.86. The van der Waals surface area contributed by atoms with E-state index in [0.29, 0.717) is 12.0 Å². The maximum atomic E-state index is 5.60. The largest absolute Gasteiger partial charge is 0.379 e. The van der Waals surface area contributed by atoms with Gasteiger partial charge in [-0.3, -0.25) is 0 Å². The van der Waals surface area contributed by atoms with Crippen molar-refractivity contribution in [2.24, 2.45) is 0 Å². The summed E-state index contributed by atoms with van der Waals surface area (Å²) in [5.41, 5.74) is 2.80. The van der Waals surface area contributed by atoms with Crippen LogP contribution >= 0.6 is 0 Å². The first kappa shape index (κ1) is 12.6. The second kappa shape index (κ2) is 5.27. The summed E-state index contributed by atoms with van der Waals surface area (Å²) in [6.07, 6.45) is 1.13. The summed E-state index contributed by atoms with van der Waals surface area (Å²) in [5, 5.41) is 3.53. The number of aryl methyl sites for hydroxylation is 1. The third-order valence-electron chi connectivity index (χ3n) is 3.59. The van der Waals surface area contributed by atoms with E-state index in [1.165, 1.54) is 0 Å². The van der Waals surface area contributed by atoms with Crippen molar-refractivity contribution in [3.05, 3.63) is 23.7 Å². The van der Waals surface area contributed by atoms with Crippen molar-refractivity contribution < 1.29 is 4.74 Å². The number of hydrogen-bond donors (Lipinski definition) is 2. The zero-order valence-electron chi connectivity index (χ0n) is 11.4. The summed E-state index contributed by atoms with van der Waals surface area (Å²) in [7, 11) is 0. The van der Waals surface area contributed by atoms with Gasteiger partial charge >= 0.3 is 0 Å². The van der Waals surface area contributed by atoms with Crippen LogP contribution in [0.3, 0.4) is 0 Å². The first-order chi connectivity index (χ1) is 9.28. The standard InChI is InChI=1S/C14H20N4O/c1-3-6-15-12-8-19-7-10(12)13-17-11-5-4-9(2)16-14(11)18-13/h4-5,10,12,15H,3,6-8H2,1-2H3,(H,16,17,18). The molecule has 2 N–H and O–H groups in total. The van der Waals surface area contributed by atoms with Crippen LogP contribution in [-0.4, -0.2) is 40.8 Å². The molecular formula is C14H20N4O. The zero-order valence-corrected chi connectivity index (χ0v) is 11.4. The first-order valence-electron chi connectivity index (χ1n) is 6.92. The van der Waals surface area contributed by atoms with Gasteiger partial charge in [0, 0.05) is 11.7 Å². The van der Waals surface area contributed by atoms with E-state index in [1.54, 1.807) is 0 Å². The second-order valence-electron chi connectivity index (χ2n) is 5.15. The minimum absolute atomic E-state index is 0.293. The normalized spacial score (nSPS) is 23.3. The third kappa shape index (κ3) is 2.48. The van der Waals surface area contributed by atoms with E-state index in [9.17, 15) is 0 Å². The number of aromatic amines is 1. The SMILES string of the molecule is CCCNC1COCC1c1nc2nc(C)ccc2[nH]1. The topological polar surface area (TPSA) is 62.8 Å². The molecule has 0 aromatic carbocycles. The molecule has 0 bridgehead atoms. The van der Waals surface area contributed by atoms with Crippen LogP contribution in [-0.2, 0) is 4.74 Å². The van der Waals surface area contributed by atoms with Crippen molar-refractivity contribution in [1.82, 2.24) is 20.3 Å². The molecule has 1 aliphatic heterocycles. The molecule has 2 unspecified atom stereocenters. The minimum Gasteiger partial charge on any atom is -0.379 e. The fraction of sp³-hybridized carbons (Fsp3) is 0.571. The maximum absolute atomic E-state index is 5.60. The van der Waals surface area contributed by atoms with E-state index >= 15 is 0 Å². The van der Waals surface area contributed by atoms with Crippen molar-refractivity contribution in [3.63, 3.8) is 0 Å². The summed E-state index contributed by atoms with van der Waals surface area (Å²) in [5.74, 6) is 1.28. The Labute approximate surface area is 112 Å². The van der Waals surface area contributed by atoms with Crippen molar-refractivity contribution in [1.29, 1.82) is 0 Å². The van der Waals surface area contributed by atoms with Gasteiger partial charge in [-0.15, -0.1) is 0 Å². The lowest BCUT2D eigenvalue weighted by molar-refractivity contribution is 0.187. The Morgan fingerprint density at radius 1 is 1.37 bits per heavy atom. The predicted octanol–water partition coefficient (Wildman–Crippen LogP) is 1.75. The van der Waals surface area contributed by atoms with Gasteiger partial charge in [0.2, 0.25) is 0 Å². The number of rotatable bonds is 4. The Morgan fingerprint density at radius 3 is 3.11 bits per heavy atom. The molecule has 2 aromatic heterocycles. The van der Waals surface area contributed by atoms with Crippen LogP contribution in [0.4, 0.5) is 0 Å². The molecule has 3 heterocycles. The maximum Gasteiger partial charge on any atom is 0.177 e. The molecule has 1 fully saturated rings. The average Bonchev–Trinajstić information content (AvgIpc) is 3.01. The molecule has 2 atom stereocenters. The highest BCUT2D eigenvalue weighted by Crippen LogP contribution is 2.25.